The van der Waals surface area contributed by atoms with Gasteiger partial charge in [-0.05, 0) is 34.5 Å². The third kappa shape index (κ3) is 4.30. The first-order valence-electron chi connectivity index (χ1n) is 6.80. The first-order chi connectivity index (χ1) is 10.3. The molecule has 1 aromatic rings. The highest BCUT2D eigenvalue weighted by molar-refractivity contribution is 9.10. The summed E-state index contributed by atoms with van der Waals surface area (Å²) in [5, 5.41) is 2.71. The maximum Gasteiger partial charge on any atom is 0.244 e. The lowest BCUT2D eigenvalue weighted by molar-refractivity contribution is -0.134. The summed E-state index contributed by atoms with van der Waals surface area (Å²) in [4.78, 5) is 25.2. The van der Waals surface area contributed by atoms with Gasteiger partial charge >= 0.3 is 0 Å². The number of hydrogen-bond donors (Lipinski definition) is 1. The van der Waals surface area contributed by atoms with Crippen LogP contribution in [0.25, 0.3) is 0 Å². The van der Waals surface area contributed by atoms with E-state index >= 15 is 0 Å². The Labute approximate surface area is 137 Å². The van der Waals surface area contributed by atoms with Crippen LogP contribution in [0, 0.1) is 0 Å². The molecule has 1 unspecified atom stereocenters. The lowest BCUT2D eigenvalue weighted by Crippen LogP contribution is -2.44. The predicted octanol–water partition coefficient (Wildman–Crippen LogP) is 1.42. The second-order valence-corrected chi connectivity index (χ2v) is 8.31. The van der Waals surface area contributed by atoms with Crippen molar-refractivity contribution < 1.29 is 18.0 Å². The van der Waals surface area contributed by atoms with E-state index in [9.17, 15) is 18.0 Å². The van der Waals surface area contributed by atoms with E-state index in [1.807, 2.05) is 6.07 Å². The molecule has 2 amide bonds. The fraction of sp³-hybridized carbons (Fsp3) is 0.429. The number of halogens is 1. The van der Waals surface area contributed by atoms with Crippen molar-refractivity contribution in [2.75, 3.05) is 23.4 Å². The average Bonchev–Trinajstić information content (AvgIpc) is 2.78. The molecule has 1 fully saturated rings. The summed E-state index contributed by atoms with van der Waals surface area (Å²) in [5.74, 6) is -0.668. The number of benzene rings is 1. The van der Waals surface area contributed by atoms with Crippen LogP contribution in [0.4, 0.5) is 5.69 Å². The Hall–Kier alpha value is -1.41. The van der Waals surface area contributed by atoms with Gasteiger partial charge in [0.1, 0.15) is 6.54 Å². The second-order valence-electron chi connectivity index (χ2n) is 5.23. The number of carbonyl (C=O) groups is 2. The Kier molecular flexibility index (Phi) is 5.23. The Morgan fingerprint density at radius 3 is 2.59 bits per heavy atom. The summed E-state index contributed by atoms with van der Waals surface area (Å²) >= 11 is 3.33. The summed E-state index contributed by atoms with van der Waals surface area (Å²) in [6, 6.07) is 6.71. The molecule has 1 aliphatic heterocycles. The molecule has 0 saturated carbocycles. The number of amides is 2. The highest BCUT2D eigenvalue weighted by atomic mass is 79.9. The number of para-hydroxylation sites is 1. The van der Waals surface area contributed by atoms with E-state index in [1.165, 1.54) is 11.8 Å². The number of rotatable bonds is 4. The molecule has 2 rings (SSSR count). The van der Waals surface area contributed by atoms with Gasteiger partial charge in [-0.3, -0.25) is 9.59 Å². The highest BCUT2D eigenvalue weighted by Crippen LogP contribution is 2.22. The van der Waals surface area contributed by atoms with Crippen molar-refractivity contribution in [3.05, 3.63) is 28.7 Å². The number of anilines is 1. The number of sulfone groups is 1. The summed E-state index contributed by atoms with van der Waals surface area (Å²) in [5.41, 5.74) is 0.607. The molecule has 1 saturated heterocycles. The second kappa shape index (κ2) is 6.78. The van der Waals surface area contributed by atoms with Gasteiger partial charge in [-0.25, -0.2) is 8.42 Å². The van der Waals surface area contributed by atoms with Crippen LogP contribution in [-0.2, 0) is 19.4 Å². The molecule has 1 heterocycles. The molecule has 6 nitrogen and oxygen atoms in total. The molecule has 22 heavy (non-hydrogen) atoms. The average molecular weight is 389 g/mol. The van der Waals surface area contributed by atoms with Crippen LogP contribution in [0.2, 0.25) is 0 Å². The van der Waals surface area contributed by atoms with Crippen LogP contribution >= 0.6 is 15.9 Å². The van der Waals surface area contributed by atoms with E-state index in [0.29, 0.717) is 12.1 Å². The van der Waals surface area contributed by atoms with E-state index in [1.54, 1.807) is 18.2 Å². The summed E-state index contributed by atoms with van der Waals surface area (Å²) in [6.45, 7) is 1.19. The van der Waals surface area contributed by atoms with Gasteiger partial charge in [-0.15, -0.1) is 0 Å². The predicted molar refractivity (Wildman–Crippen MR) is 87.2 cm³/mol. The molecule has 0 spiro atoms. The maximum absolute atomic E-state index is 12.1. The van der Waals surface area contributed by atoms with E-state index in [0.717, 1.165) is 4.47 Å². The minimum atomic E-state index is -3.11. The van der Waals surface area contributed by atoms with Crippen LogP contribution < -0.4 is 5.32 Å². The lowest BCUT2D eigenvalue weighted by Gasteiger charge is -2.26. The smallest absolute Gasteiger partial charge is 0.244 e. The van der Waals surface area contributed by atoms with Crippen molar-refractivity contribution in [1.29, 1.82) is 0 Å². The molecular formula is C14H17BrN2O4S. The zero-order valence-corrected chi connectivity index (χ0v) is 14.5. The normalized spacial score (nSPS) is 19.6. The fourth-order valence-electron chi connectivity index (χ4n) is 2.43. The van der Waals surface area contributed by atoms with Crippen molar-refractivity contribution in [2.45, 2.75) is 19.4 Å². The van der Waals surface area contributed by atoms with Gasteiger partial charge in [0, 0.05) is 17.4 Å². The molecule has 0 radical (unpaired) electrons. The summed E-state index contributed by atoms with van der Waals surface area (Å²) < 4.78 is 23.8. The quantitative estimate of drug-likeness (QED) is 0.845. The third-order valence-corrected chi connectivity index (χ3v) is 5.96. The lowest BCUT2D eigenvalue weighted by atomic mass is 10.2. The highest BCUT2D eigenvalue weighted by Gasteiger charge is 2.34. The number of carbonyl (C=O) groups excluding carboxylic acids is 2. The van der Waals surface area contributed by atoms with Crippen molar-refractivity contribution >= 4 is 43.3 Å². The topological polar surface area (TPSA) is 83.6 Å². The van der Waals surface area contributed by atoms with Crippen molar-refractivity contribution in [3.63, 3.8) is 0 Å². The van der Waals surface area contributed by atoms with Crippen molar-refractivity contribution in [1.82, 2.24) is 4.90 Å². The molecule has 0 aliphatic carbocycles. The van der Waals surface area contributed by atoms with Gasteiger partial charge in [0.15, 0.2) is 9.84 Å². The fourth-order valence-corrected chi connectivity index (χ4v) is 4.54. The van der Waals surface area contributed by atoms with Gasteiger partial charge in [0.2, 0.25) is 11.8 Å². The first kappa shape index (κ1) is 17.0. The zero-order chi connectivity index (χ0) is 16.3. The van der Waals surface area contributed by atoms with Crippen LogP contribution in [0.3, 0.4) is 0 Å². The zero-order valence-electron chi connectivity index (χ0n) is 12.1. The van der Waals surface area contributed by atoms with E-state index in [-0.39, 0.29) is 29.9 Å². The molecule has 8 heteroatoms. The molecule has 1 aromatic carbocycles. The monoisotopic (exact) mass is 388 g/mol. The number of nitrogens with one attached hydrogen (secondary N) is 1. The van der Waals surface area contributed by atoms with Crippen LogP contribution in [0.15, 0.2) is 28.7 Å². The molecule has 1 atom stereocenters. The first-order valence-corrected chi connectivity index (χ1v) is 9.42. The third-order valence-electron chi connectivity index (χ3n) is 3.52. The van der Waals surface area contributed by atoms with Crippen LogP contribution in [0.5, 0.6) is 0 Å². The van der Waals surface area contributed by atoms with E-state index in [4.69, 9.17) is 0 Å². The van der Waals surface area contributed by atoms with Gasteiger partial charge in [0.25, 0.3) is 0 Å². The molecule has 1 N–H and O–H groups in total. The van der Waals surface area contributed by atoms with E-state index in [2.05, 4.69) is 21.2 Å². The Morgan fingerprint density at radius 2 is 2.05 bits per heavy atom. The number of nitrogens with zero attached hydrogens (tertiary/aromatic N) is 1. The van der Waals surface area contributed by atoms with Crippen LogP contribution in [0.1, 0.15) is 13.3 Å². The van der Waals surface area contributed by atoms with Gasteiger partial charge in [0.05, 0.1) is 17.2 Å². The Morgan fingerprint density at radius 1 is 1.36 bits per heavy atom. The maximum atomic E-state index is 12.1. The minimum Gasteiger partial charge on any atom is -0.330 e. The van der Waals surface area contributed by atoms with Crippen molar-refractivity contribution in [2.24, 2.45) is 0 Å². The van der Waals surface area contributed by atoms with Crippen LogP contribution in [-0.4, -0.2) is 49.2 Å². The molecule has 1 aliphatic rings. The Bertz CT molecular complexity index is 690. The van der Waals surface area contributed by atoms with Gasteiger partial charge < -0.3 is 10.2 Å². The Balaban J connectivity index is 2.04. The summed E-state index contributed by atoms with van der Waals surface area (Å²) in [7, 11) is -3.11. The van der Waals surface area contributed by atoms with E-state index < -0.39 is 15.9 Å². The minimum absolute atomic E-state index is 0.0628. The SMILES string of the molecule is CC(=O)N(CC(=O)Nc1ccccc1Br)C1CCS(=O)(=O)C1. The van der Waals surface area contributed by atoms with Gasteiger partial charge in [-0.2, -0.15) is 0 Å². The largest absolute Gasteiger partial charge is 0.330 e. The number of hydrogen-bond acceptors (Lipinski definition) is 4. The van der Waals surface area contributed by atoms with Crippen molar-refractivity contribution in [3.8, 4) is 0 Å². The molecular weight excluding hydrogens is 372 g/mol. The van der Waals surface area contributed by atoms with Gasteiger partial charge in [-0.1, -0.05) is 12.1 Å². The molecule has 0 aromatic heterocycles. The summed E-state index contributed by atoms with van der Waals surface area (Å²) in [6.07, 6.45) is 0.379. The standard InChI is InChI=1S/C14H17BrN2O4S/c1-10(18)17(11-6-7-22(20,21)9-11)8-14(19)16-13-5-3-2-4-12(13)15/h2-5,11H,6-9H2,1H3,(H,16,19). The molecule has 0 bridgehead atoms. The molecule has 120 valence electrons.